The topological polar surface area (TPSA) is 115 Å². The number of nitrogens with zero attached hydrogens (tertiary/aromatic N) is 3. The number of amides is 2. The largest absolute Gasteiger partial charge is 0.449 e. The molecule has 0 saturated heterocycles. The van der Waals surface area contributed by atoms with Crippen molar-refractivity contribution >= 4 is 28.9 Å². The van der Waals surface area contributed by atoms with Crippen LogP contribution in [0.15, 0.2) is 164 Å². The standard InChI is InChI=1S/C45H37N5O4/c51-42(47-45(31-16-4-1-5-17-31,32-18-6-2-7-19-32)33-20-8-3-9-21-33)29-28-40(43(52)50-41-27-15-14-26-39(41)48-49-50)46-44(53)54-30-38-36-24-12-10-22-34(36)35-23-11-13-25-37(35)38/h1-27,38,40H,28-30H2,(H,46,53)(H,47,51)/t40-/m1/s1. The highest BCUT2D eigenvalue weighted by Gasteiger charge is 2.38. The Balaban J connectivity index is 1.06. The predicted molar refractivity (Wildman–Crippen MR) is 207 cm³/mol. The van der Waals surface area contributed by atoms with Crippen LogP contribution in [-0.4, -0.2) is 45.6 Å². The minimum absolute atomic E-state index is 0.0303. The zero-order valence-corrected chi connectivity index (χ0v) is 29.3. The molecule has 9 nitrogen and oxygen atoms in total. The number of hydrogen-bond acceptors (Lipinski definition) is 6. The number of benzene rings is 6. The Morgan fingerprint density at radius 3 is 1.72 bits per heavy atom. The van der Waals surface area contributed by atoms with Gasteiger partial charge in [-0.2, -0.15) is 4.68 Å². The number of hydrogen-bond donors (Lipinski definition) is 2. The van der Waals surface area contributed by atoms with Crippen LogP contribution in [0.5, 0.6) is 0 Å². The van der Waals surface area contributed by atoms with E-state index in [-0.39, 0.29) is 31.3 Å². The van der Waals surface area contributed by atoms with E-state index in [4.69, 9.17) is 4.74 Å². The summed E-state index contributed by atoms with van der Waals surface area (Å²) in [6.45, 7) is 0.0707. The Morgan fingerprint density at radius 1 is 0.648 bits per heavy atom. The molecule has 0 fully saturated rings. The van der Waals surface area contributed by atoms with Gasteiger partial charge in [-0.05, 0) is 57.5 Å². The van der Waals surface area contributed by atoms with Gasteiger partial charge in [0.15, 0.2) is 0 Å². The van der Waals surface area contributed by atoms with Crippen LogP contribution >= 0.6 is 0 Å². The van der Waals surface area contributed by atoms with Gasteiger partial charge in [-0.1, -0.05) is 157 Å². The summed E-state index contributed by atoms with van der Waals surface area (Å²) in [5.74, 6) is -1.02. The zero-order valence-electron chi connectivity index (χ0n) is 29.3. The molecule has 7 aromatic rings. The lowest BCUT2D eigenvalue weighted by Crippen LogP contribution is -2.49. The molecule has 1 aliphatic rings. The minimum atomic E-state index is -1.16. The first-order chi connectivity index (χ1) is 26.5. The highest BCUT2D eigenvalue weighted by molar-refractivity contribution is 5.94. The summed E-state index contributed by atoms with van der Waals surface area (Å²) in [4.78, 5) is 42.0. The Morgan fingerprint density at radius 2 is 1.15 bits per heavy atom. The number of alkyl carbamates (subject to hydrolysis) is 1. The van der Waals surface area contributed by atoms with Gasteiger partial charge in [0.25, 0.3) is 5.91 Å². The van der Waals surface area contributed by atoms with Crippen LogP contribution in [0.2, 0.25) is 0 Å². The highest BCUT2D eigenvalue weighted by Crippen LogP contribution is 2.44. The first-order valence-electron chi connectivity index (χ1n) is 18.0. The Bertz CT molecular complexity index is 2290. The molecule has 0 spiro atoms. The fourth-order valence-corrected chi connectivity index (χ4v) is 7.55. The fourth-order valence-electron chi connectivity index (χ4n) is 7.55. The van der Waals surface area contributed by atoms with Crippen LogP contribution in [-0.2, 0) is 15.1 Å². The van der Waals surface area contributed by atoms with Crippen molar-refractivity contribution in [3.63, 3.8) is 0 Å². The lowest BCUT2D eigenvalue weighted by molar-refractivity contribution is -0.122. The summed E-state index contributed by atoms with van der Waals surface area (Å²) in [6.07, 6.45) is -0.898. The van der Waals surface area contributed by atoms with Crippen LogP contribution in [0, 0.1) is 0 Å². The maximum Gasteiger partial charge on any atom is 0.407 e. The molecule has 2 N–H and O–H groups in total. The second-order valence-corrected chi connectivity index (χ2v) is 13.3. The van der Waals surface area contributed by atoms with Gasteiger partial charge in [0.2, 0.25) is 5.91 Å². The number of ether oxygens (including phenoxy) is 1. The molecule has 8 rings (SSSR count). The molecule has 1 heterocycles. The van der Waals surface area contributed by atoms with E-state index in [9.17, 15) is 14.4 Å². The Labute approximate surface area is 312 Å². The predicted octanol–water partition coefficient (Wildman–Crippen LogP) is 7.87. The van der Waals surface area contributed by atoms with Crippen LogP contribution in [0.3, 0.4) is 0 Å². The SMILES string of the molecule is O=C(CC[C@@H](NC(=O)OCC1c2ccccc2-c2ccccc21)C(=O)n1nnc2ccccc21)NC(c1ccccc1)(c1ccccc1)c1ccccc1. The number of para-hydroxylation sites is 1. The number of nitrogens with one attached hydrogen (secondary N) is 2. The summed E-state index contributed by atoms with van der Waals surface area (Å²) in [7, 11) is 0. The lowest BCUT2D eigenvalue weighted by atomic mass is 9.77. The van der Waals surface area contributed by atoms with Gasteiger partial charge in [-0.3, -0.25) is 9.59 Å². The number of aromatic nitrogens is 3. The molecule has 0 radical (unpaired) electrons. The molecular weight excluding hydrogens is 675 g/mol. The minimum Gasteiger partial charge on any atom is -0.449 e. The molecule has 9 heteroatoms. The summed E-state index contributed by atoms with van der Waals surface area (Å²) < 4.78 is 7.01. The molecule has 1 atom stereocenters. The third kappa shape index (κ3) is 6.52. The van der Waals surface area contributed by atoms with E-state index in [2.05, 4.69) is 33.1 Å². The lowest BCUT2D eigenvalue weighted by Gasteiger charge is -2.37. The van der Waals surface area contributed by atoms with Crippen molar-refractivity contribution in [2.45, 2.75) is 30.3 Å². The molecule has 1 aromatic heterocycles. The molecule has 2 amide bonds. The zero-order chi connectivity index (χ0) is 36.9. The van der Waals surface area contributed by atoms with Gasteiger partial charge in [-0.25, -0.2) is 4.79 Å². The first kappa shape index (κ1) is 34.2. The van der Waals surface area contributed by atoms with Crippen molar-refractivity contribution in [3.8, 4) is 11.1 Å². The average molecular weight is 712 g/mol. The molecule has 0 saturated carbocycles. The van der Waals surface area contributed by atoms with E-state index in [0.717, 1.165) is 38.9 Å². The fraction of sp³-hybridized carbons (Fsp3) is 0.133. The van der Waals surface area contributed by atoms with E-state index < -0.39 is 23.6 Å². The van der Waals surface area contributed by atoms with E-state index in [1.54, 1.807) is 24.3 Å². The molecule has 1 aliphatic carbocycles. The molecule has 54 heavy (non-hydrogen) atoms. The Hall–Kier alpha value is -6.87. The number of rotatable bonds is 11. The molecular formula is C45H37N5O4. The van der Waals surface area contributed by atoms with E-state index >= 15 is 0 Å². The Kier molecular flexibility index (Phi) is 9.51. The van der Waals surface area contributed by atoms with Crippen LogP contribution in [0.4, 0.5) is 4.79 Å². The van der Waals surface area contributed by atoms with Crippen molar-refractivity contribution in [2.24, 2.45) is 0 Å². The second kappa shape index (κ2) is 15.0. The second-order valence-electron chi connectivity index (χ2n) is 13.3. The van der Waals surface area contributed by atoms with Crippen molar-refractivity contribution in [2.75, 3.05) is 6.61 Å². The smallest absolute Gasteiger partial charge is 0.407 e. The highest BCUT2D eigenvalue weighted by atomic mass is 16.5. The van der Waals surface area contributed by atoms with Gasteiger partial charge < -0.3 is 15.4 Å². The van der Waals surface area contributed by atoms with Crippen LogP contribution in [0.1, 0.15) is 51.4 Å². The molecule has 0 aliphatic heterocycles. The van der Waals surface area contributed by atoms with Gasteiger partial charge in [0.05, 0.1) is 5.52 Å². The molecule has 266 valence electrons. The summed E-state index contributed by atoms with van der Waals surface area (Å²) in [5, 5.41) is 14.4. The third-order valence-corrected chi connectivity index (χ3v) is 10.1. The average Bonchev–Trinajstić information content (AvgIpc) is 3.81. The molecule has 6 aromatic carbocycles. The van der Waals surface area contributed by atoms with E-state index in [1.165, 1.54) is 4.68 Å². The number of fused-ring (bicyclic) bond motifs is 4. The quantitative estimate of drug-likeness (QED) is 0.132. The van der Waals surface area contributed by atoms with Gasteiger partial charge in [-0.15, -0.1) is 5.10 Å². The van der Waals surface area contributed by atoms with E-state index in [0.29, 0.717) is 11.0 Å². The maximum atomic E-state index is 14.2. The van der Waals surface area contributed by atoms with Gasteiger partial charge >= 0.3 is 6.09 Å². The van der Waals surface area contributed by atoms with E-state index in [1.807, 2.05) is 127 Å². The van der Waals surface area contributed by atoms with Crippen molar-refractivity contribution in [1.82, 2.24) is 25.6 Å². The van der Waals surface area contributed by atoms with Crippen LogP contribution in [0.25, 0.3) is 22.2 Å². The third-order valence-electron chi connectivity index (χ3n) is 10.1. The monoisotopic (exact) mass is 711 g/mol. The van der Waals surface area contributed by atoms with Gasteiger partial charge in [0, 0.05) is 12.3 Å². The number of carbonyl (C=O) groups excluding carboxylic acids is 3. The van der Waals surface area contributed by atoms with Crippen molar-refractivity contribution in [1.29, 1.82) is 0 Å². The maximum absolute atomic E-state index is 14.2. The van der Waals surface area contributed by atoms with Crippen molar-refractivity contribution in [3.05, 3.63) is 192 Å². The summed E-state index contributed by atoms with van der Waals surface area (Å²) in [5.41, 5.74) is 6.95. The molecule has 0 bridgehead atoms. The number of carbonyl (C=O) groups is 3. The van der Waals surface area contributed by atoms with Crippen molar-refractivity contribution < 1.29 is 19.1 Å². The van der Waals surface area contributed by atoms with Gasteiger partial charge in [0.1, 0.15) is 23.7 Å². The normalized spacial score (nSPS) is 12.7. The molecule has 0 unspecified atom stereocenters. The van der Waals surface area contributed by atoms with Crippen LogP contribution < -0.4 is 10.6 Å². The summed E-state index contributed by atoms with van der Waals surface area (Å²) >= 11 is 0. The first-order valence-corrected chi connectivity index (χ1v) is 18.0. The summed E-state index contributed by atoms with van der Waals surface area (Å²) in [6, 6.07) is 51.5.